The number of carbonyl (C=O) groups excluding carboxylic acids is 1. The first-order chi connectivity index (χ1) is 8.75. The predicted octanol–water partition coefficient (Wildman–Crippen LogP) is 0.946. The Morgan fingerprint density at radius 1 is 1.28 bits per heavy atom. The van der Waals surface area contributed by atoms with Crippen LogP contribution in [0.5, 0.6) is 5.75 Å². The normalized spacial score (nSPS) is 10.4. The summed E-state index contributed by atoms with van der Waals surface area (Å²) in [4.78, 5) is 19.1. The van der Waals surface area contributed by atoms with E-state index in [0.717, 1.165) is 5.56 Å². The molecule has 0 aliphatic carbocycles. The fourth-order valence-corrected chi connectivity index (χ4v) is 1.20. The lowest BCUT2D eigenvalue weighted by Crippen LogP contribution is -2.19. The van der Waals surface area contributed by atoms with E-state index in [1.807, 2.05) is 0 Å². The number of aromatic hydroxyl groups is 1. The number of benzene rings is 1. The van der Waals surface area contributed by atoms with Crippen LogP contribution in [0.25, 0.3) is 0 Å². The minimum Gasteiger partial charge on any atom is -0.508 e. The van der Waals surface area contributed by atoms with Gasteiger partial charge in [0.15, 0.2) is 0 Å². The Bertz CT molecular complexity index is 552. The summed E-state index contributed by atoms with van der Waals surface area (Å²) in [6.07, 6.45) is 5.73. The number of nitrogens with one attached hydrogen (secondary N) is 1. The van der Waals surface area contributed by atoms with Crippen molar-refractivity contribution in [2.24, 2.45) is 5.10 Å². The molecule has 1 amide bonds. The lowest BCUT2D eigenvalue weighted by Gasteiger charge is -1.97. The van der Waals surface area contributed by atoms with Crippen LogP contribution in [0.4, 0.5) is 0 Å². The van der Waals surface area contributed by atoms with E-state index in [9.17, 15) is 4.79 Å². The molecule has 2 aromatic rings. The number of aromatic nitrogens is 2. The fraction of sp³-hybridized carbons (Fsp3) is 0. The monoisotopic (exact) mass is 242 g/mol. The van der Waals surface area contributed by atoms with Crippen LogP contribution in [0, 0.1) is 0 Å². The van der Waals surface area contributed by atoms with Gasteiger partial charge in [0.1, 0.15) is 11.4 Å². The maximum atomic E-state index is 11.5. The number of phenols is 1. The van der Waals surface area contributed by atoms with Gasteiger partial charge < -0.3 is 5.11 Å². The van der Waals surface area contributed by atoms with Crippen molar-refractivity contribution in [1.82, 2.24) is 15.4 Å². The molecule has 0 unspecified atom stereocenters. The highest BCUT2D eigenvalue weighted by Crippen LogP contribution is 2.07. The van der Waals surface area contributed by atoms with E-state index >= 15 is 0 Å². The van der Waals surface area contributed by atoms with E-state index in [4.69, 9.17) is 5.11 Å². The summed E-state index contributed by atoms with van der Waals surface area (Å²) in [5.74, 6) is -0.256. The number of rotatable bonds is 3. The van der Waals surface area contributed by atoms with Gasteiger partial charge in [0.2, 0.25) is 0 Å². The van der Waals surface area contributed by atoms with Crippen LogP contribution in [0.15, 0.2) is 48.0 Å². The summed E-state index contributed by atoms with van der Waals surface area (Å²) in [5, 5.41) is 12.9. The average molecular weight is 242 g/mol. The molecule has 1 aromatic carbocycles. The SMILES string of the molecule is O=C(NN=Cc1ccc(O)cc1)c1cnccn1. The van der Waals surface area contributed by atoms with Gasteiger partial charge in [-0.2, -0.15) is 5.10 Å². The van der Waals surface area contributed by atoms with E-state index in [2.05, 4.69) is 20.5 Å². The Morgan fingerprint density at radius 3 is 2.72 bits per heavy atom. The van der Waals surface area contributed by atoms with Crippen molar-refractivity contribution in [3.05, 3.63) is 54.1 Å². The first-order valence-electron chi connectivity index (χ1n) is 5.14. The van der Waals surface area contributed by atoms with Crippen molar-refractivity contribution in [1.29, 1.82) is 0 Å². The molecule has 6 heteroatoms. The first kappa shape index (κ1) is 11.7. The summed E-state index contributed by atoms with van der Waals surface area (Å²) < 4.78 is 0. The Hall–Kier alpha value is -2.76. The highest BCUT2D eigenvalue weighted by Gasteiger charge is 2.04. The largest absolute Gasteiger partial charge is 0.508 e. The topological polar surface area (TPSA) is 87.5 Å². The summed E-state index contributed by atoms with van der Waals surface area (Å²) >= 11 is 0. The molecule has 0 saturated carbocycles. The molecule has 1 aromatic heterocycles. The molecule has 2 rings (SSSR count). The molecular weight excluding hydrogens is 232 g/mol. The van der Waals surface area contributed by atoms with Crippen molar-refractivity contribution >= 4 is 12.1 Å². The van der Waals surface area contributed by atoms with Gasteiger partial charge in [-0.05, 0) is 29.8 Å². The second-order valence-corrected chi connectivity index (χ2v) is 3.38. The molecule has 6 nitrogen and oxygen atoms in total. The molecule has 0 saturated heterocycles. The first-order valence-corrected chi connectivity index (χ1v) is 5.14. The fourth-order valence-electron chi connectivity index (χ4n) is 1.20. The standard InChI is InChI=1S/C12H10N4O2/c17-10-3-1-9(2-4-10)7-15-16-12(18)11-8-13-5-6-14-11/h1-8,17H,(H,16,18). The highest BCUT2D eigenvalue weighted by atomic mass is 16.3. The minimum absolute atomic E-state index is 0.177. The molecule has 0 spiro atoms. The third kappa shape index (κ3) is 3.11. The molecule has 90 valence electrons. The Kier molecular flexibility index (Phi) is 3.60. The highest BCUT2D eigenvalue weighted by molar-refractivity contribution is 5.92. The maximum absolute atomic E-state index is 11.5. The van der Waals surface area contributed by atoms with E-state index in [1.165, 1.54) is 36.9 Å². The number of amides is 1. The molecule has 2 N–H and O–H groups in total. The van der Waals surface area contributed by atoms with Crippen LogP contribution < -0.4 is 5.43 Å². The lowest BCUT2D eigenvalue weighted by molar-refractivity contribution is 0.0949. The molecule has 0 atom stereocenters. The molecule has 0 fully saturated rings. The second-order valence-electron chi connectivity index (χ2n) is 3.38. The van der Waals surface area contributed by atoms with E-state index in [-0.39, 0.29) is 11.4 Å². The van der Waals surface area contributed by atoms with Crippen molar-refractivity contribution in [2.45, 2.75) is 0 Å². The maximum Gasteiger partial charge on any atom is 0.291 e. The molecule has 1 heterocycles. The summed E-state index contributed by atoms with van der Waals surface area (Å²) in [6, 6.07) is 6.41. The third-order valence-electron chi connectivity index (χ3n) is 2.07. The van der Waals surface area contributed by atoms with Crippen LogP contribution in [0.1, 0.15) is 16.1 Å². The smallest absolute Gasteiger partial charge is 0.291 e. The summed E-state index contributed by atoms with van der Waals surface area (Å²) in [6.45, 7) is 0. The van der Waals surface area contributed by atoms with E-state index < -0.39 is 5.91 Å². The van der Waals surface area contributed by atoms with Crippen LogP contribution in [-0.2, 0) is 0 Å². The quantitative estimate of drug-likeness (QED) is 0.619. The van der Waals surface area contributed by atoms with Crippen LogP contribution in [0.2, 0.25) is 0 Å². The van der Waals surface area contributed by atoms with Gasteiger partial charge in [-0.3, -0.25) is 9.78 Å². The van der Waals surface area contributed by atoms with Crippen molar-refractivity contribution in [3.63, 3.8) is 0 Å². The van der Waals surface area contributed by atoms with Gasteiger partial charge in [-0.1, -0.05) is 0 Å². The molecule has 0 aliphatic heterocycles. The zero-order chi connectivity index (χ0) is 12.8. The van der Waals surface area contributed by atoms with Crippen LogP contribution in [0.3, 0.4) is 0 Å². The Morgan fingerprint density at radius 2 is 2.06 bits per heavy atom. The van der Waals surface area contributed by atoms with Gasteiger partial charge in [0.05, 0.1) is 12.4 Å². The van der Waals surface area contributed by atoms with Crippen LogP contribution >= 0.6 is 0 Å². The van der Waals surface area contributed by atoms with Gasteiger partial charge in [0, 0.05) is 12.4 Å². The second kappa shape index (κ2) is 5.53. The Labute approximate surface area is 103 Å². The van der Waals surface area contributed by atoms with Crippen molar-refractivity contribution in [2.75, 3.05) is 0 Å². The summed E-state index contributed by atoms with van der Waals surface area (Å²) in [5.41, 5.74) is 3.28. The summed E-state index contributed by atoms with van der Waals surface area (Å²) in [7, 11) is 0. The number of nitrogens with zero attached hydrogens (tertiary/aromatic N) is 3. The molecule has 0 aliphatic rings. The predicted molar refractivity (Wildman–Crippen MR) is 65.2 cm³/mol. The Balaban J connectivity index is 1.96. The number of hydrogen-bond acceptors (Lipinski definition) is 5. The molecule has 0 radical (unpaired) electrons. The number of phenolic OH excluding ortho intramolecular Hbond substituents is 1. The van der Waals surface area contributed by atoms with Gasteiger partial charge in [-0.15, -0.1) is 0 Å². The molecule has 18 heavy (non-hydrogen) atoms. The number of carbonyl (C=O) groups is 1. The van der Waals surface area contributed by atoms with Gasteiger partial charge in [-0.25, -0.2) is 10.4 Å². The van der Waals surface area contributed by atoms with Gasteiger partial charge >= 0.3 is 0 Å². The average Bonchev–Trinajstić information content (AvgIpc) is 2.42. The third-order valence-corrected chi connectivity index (χ3v) is 2.07. The van der Waals surface area contributed by atoms with E-state index in [1.54, 1.807) is 12.1 Å². The number of hydrogen-bond donors (Lipinski definition) is 2. The molecular formula is C12H10N4O2. The lowest BCUT2D eigenvalue weighted by atomic mass is 10.2. The van der Waals surface area contributed by atoms with E-state index in [0.29, 0.717) is 0 Å². The number of hydrazone groups is 1. The minimum atomic E-state index is -0.432. The zero-order valence-electron chi connectivity index (χ0n) is 9.32. The van der Waals surface area contributed by atoms with Gasteiger partial charge in [0.25, 0.3) is 5.91 Å². The zero-order valence-corrected chi connectivity index (χ0v) is 9.32. The van der Waals surface area contributed by atoms with Crippen molar-refractivity contribution in [3.8, 4) is 5.75 Å². The van der Waals surface area contributed by atoms with Crippen LogP contribution in [-0.4, -0.2) is 27.2 Å². The van der Waals surface area contributed by atoms with Crippen molar-refractivity contribution < 1.29 is 9.90 Å². The molecule has 0 bridgehead atoms.